The van der Waals surface area contributed by atoms with Gasteiger partial charge in [0.15, 0.2) is 0 Å². The first-order valence-electron chi connectivity index (χ1n) is 6.56. The third-order valence-corrected chi connectivity index (χ3v) is 4.67. The molecule has 20 heavy (non-hydrogen) atoms. The summed E-state index contributed by atoms with van der Waals surface area (Å²) in [4.78, 5) is 0. The Bertz CT molecular complexity index is 667. The van der Waals surface area contributed by atoms with Crippen molar-refractivity contribution >= 4 is 23.2 Å². The average molecular weight is 302 g/mol. The van der Waals surface area contributed by atoms with Crippen molar-refractivity contribution in [1.29, 1.82) is 5.26 Å². The van der Waals surface area contributed by atoms with Gasteiger partial charge in [0.25, 0.3) is 0 Å². The largest absolute Gasteiger partial charge is 0.197 e. The monoisotopic (exact) mass is 301 g/mol. The molecule has 0 spiro atoms. The minimum absolute atomic E-state index is 0.433. The van der Waals surface area contributed by atoms with Gasteiger partial charge < -0.3 is 0 Å². The molecule has 2 aromatic rings. The molecular formula is C17H13Cl2N. The van der Waals surface area contributed by atoms with Crippen molar-refractivity contribution in [1.82, 2.24) is 0 Å². The van der Waals surface area contributed by atoms with E-state index in [1.807, 2.05) is 24.3 Å². The molecule has 0 heterocycles. The molecule has 0 N–H and O–H groups in total. The molecule has 0 unspecified atom stereocenters. The van der Waals surface area contributed by atoms with Crippen LogP contribution < -0.4 is 0 Å². The lowest BCUT2D eigenvalue weighted by Crippen LogP contribution is -2.38. The molecule has 0 radical (unpaired) electrons. The third-order valence-electron chi connectivity index (χ3n) is 4.12. The minimum atomic E-state index is -0.470. The van der Waals surface area contributed by atoms with Crippen LogP contribution in [0.4, 0.5) is 0 Å². The van der Waals surface area contributed by atoms with E-state index in [1.165, 1.54) is 5.56 Å². The number of hydrogen-bond donors (Lipinski definition) is 0. The van der Waals surface area contributed by atoms with E-state index < -0.39 is 5.41 Å². The lowest BCUT2D eigenvalue weighted by Gasteiger charge is -2.43. The number of rotatable bonds is 2. The molecule has 3 rings (SSSR count). The Balaban J connectivity index is 1.88. The second kappa shape index (κ2) is 5.13. The third kappa shape index (κ3) is 2.20. The first-order valence-corrected chi connectivity index (χ1v) is 7.32. The van der Waals surface area contributed by atoms with Gasteiger partial charge in [0.2, 0.25) is 0 Å². The van der Waals surface area contributed by atoms with Crippen LogP contribution in [0.2, 0.25) is 10.0 Å². The second-order valence-corrected chi connectivity index (χ2v) is 6.18. The predicted molar refractivity (Wildman–Crippen MR) is 82.2 cm³/mol. The molecule has 0 aromatic heterocycles. The molecule has 3 heteroatoms. The van der Waals surface area contributed by atoms with Crippen LogP contribution in [-0.2, 0) is 5.41 Å². The van der Waals surface area contributed by atoms with Gasteiger partial charge >= 0.3 is 0 Å². The SMILES string of the molecule is N#CC1(c2ccc(Cl)cc2Cl)CC(c2ccccc2)C1. The summed E-state index contributed by atoms with van der Waals surface area (Å²) in [6, 6.07) is 18.2. The van der Waals surface area contributed by atoms with E-state index in [1.54, 1.807) is 12.1 Å². The van der Waals surface area contributed by atoms with E-state index in [4.69, 9.17) is 23.2 Å². The van der Waals surface area contributed by atoms with Crippen LogP contribution in [0.15, 0.2) is 48.5 Å². The van der Waals surface area contributed by atoms with Gasteiger partial charge in [-0.1, -0.05) is 59.6 Å². The Hall–Kier alpha value is -1.49. The van der Waals surface area contributed by atoms with Crippen LogP contribution in [0.3, 0.4) is 0 Å². The van der Waals surface area contributed by atoms with Crippen molar-refractivity contribution in [2.45, 2.75) is 24.2 Å². The zero-order valence-corrected chi connectivity index (χ0v) is 12.3. The minimum Gasteiger partial charge on any atom is -0.197 e. The van der Waals surface area contributed by atoms with Gasteiger partial charge in [0, 0.05) is 10.0 Å². The Morgan fingerprint density at radius 3 is 2.35 bits per heavy atom. The number of hydrogen-bond acceptors (Lipinski definition) is 1. The zero-order chi connectivity index (χ0) is 14.2. The summed E-state index contributed by atoms with van der Waals surface area (Å²) in [5.74, 6) is 0.433. The first-order chi connectivity index (χ1) is 9.64. The summed E-state index contributed by atoms with van der Waals surface area (Å²) in [7, 11) is 0. The lowest BCUT2D eigenvalue weighted by atomic mass is 9.58. The molecule has 0 atom stereocenters. The van der Waals surface area contributed by atoms with Crippen molar-refractivity contribution in [2.75, 3.05) is 0 Å². The number of halogens is 2. The van der Waals surface area contributed by atoms with Gasteiger partial charge in [0.1, 0.15) is 0 Å². The average Bonchev–Trinajstić information content (AvgIpc) is 2.41. The molecular weight excluding hydrogens is 289 g/mol. The molecule has 1 fully saturated rings. The Labute approximate surface area is 128 Å². The topological polar surface area (TPSA) is 23.8 Å². The van der Waals surface area contributed by atoms with E-state index in [2.05, 4.69) is 18.2 Å². The molecule has 1 aliphatic rings. The van der Waals surface area contributed by atoms with Crippen LogP contribution in [0.1, 0.15) is 29.9 Å². The normalized spacial score (nSPS) is 24.8. The predicted octanol–water partition coefficient (Wildman–Crippen LogP) is 5.33. The Morgan fingerprint density at radius 1 is 1.05 bits per heavy atom. The van der Waals surface area contributed by atoms with Gasteiger partial charge in [-0.05, 0) is 42.0 Å². The quantitative estimate of drug-likeness (QED) is 0.735. The zero-order valence-electron chi connectivity index (χ0n) is 10.8. The maximum Gasteiger partial charge on any atom is 0.0848 e. The fourth-order valence-corrected chi connectivity index (χ4v) is 3.58. The standard InChI is InChI=1S/C17H13Cl2N/c18-14-6-7-15(16(19)8-14)17(11-20)9-13(10-17)12-4-2-1-3-5-12/h1-8,13H,9-10H2. The van der Waals surface area contributed by atoms with E-state index >= 15 is 0 Å². The molecule has 1 aliphatic carbocycles. The summed E-state index contributed by atoms with van der Waals surface area (Å²) >= 11 is 12.2. The van der Waals surface area contributed by atoms with Gasteiger partial charge in [0.05, 0.1) is 11.5 Å². The second-order valence-electron chi connectivity index (χ2n) is 5.33. The summed E-state index contributed by atoms with van der Waals surface area (Å²) in [5, 5.41) is 10.8. The summed E-state index contributed by atoms with van der Waals surface area (Å²) in [5.41, 5.74) is 1.73. The fourth-order valence-electron chi connectivity index (χ4n) is 2.99. The number of nitriles is 1. The van der Waals surface area contributed by atoms with Crippen molar-refractivity contribution < 1.29 is 0 Å². The Kier molecular flexibility index (Phi) is 3.46. The Morgan fingerprint density at radius 2 is 1.75 bits per heavy atom. The molecule has 0 saturated heterocycles. The smallest absolute Gasteiger partial charge is 0.0848 e. The highest BCUT2D eigenvalue weighted by Crippen LogP contribution is 2.53. The van der Waals surface area contributed by atoms with Crippen LogP contribution in [-0.4, -0.2) is 0 Å². The first kappa shape index (κ1) is 13.5. The highest BCUT2D eigenvalue weighted by Gasteiger charge is 2.47. The van der Waals surface area contributed by atoms with Gasteiger partial charge in [-0.2, -0.15) is 5.26 Å². The maximum atomic E-state index is 9.61. The van der Waals surface area contributed by atoms with E-state index in [0.717, 1.165) is 18.4 Å². The van der Waals surface area contributed by atoms with Crippen LogP contribution in [0.25, 0.3) is 0 Å². The fraction of sp³-hybridized carbons (Fsp3) is 0.235. The summed E-state index contributed by atoms with van der Waals surface area (Å²) < 4.78 is 0. The maximum absolute atomic E-state index is 9.61. The molecule has 0 bridgehead atoms. The van der Waals surface area contributed by atoms with Crippen LogP contribution in [0.5, 0.6) is 0 Å². The van der Waals surface area contributed by atoms with Crippen molar-refractivity contribution in [2.24, 2.45) is 0 Å². The van der Waals surface area contributed by atoms with Crippen LogP contribution >= 0.6 is 23.2 Å². The molecule has 0 amide bonds. The molecule has 100 valence electrons. The van der Waals surface area contributed by atoms with Crippen LogP contribution in [0, 0.1) is 11.3 Å². The summed E-state index contributed by atoms with van der Waals surface area (Å²) in [6.07, 6.45) is 1.63. The van der Waals surface area contributed by atoms with Crippen molar-refractivity contribution in [3.8, 4) is 6.07 Å². The van der Waals surface area contributed by atoms with Crippen molar-refractivity contribution in [3.63, 3.8) is 0 Å². The number of nitrogens with zero attached hydrogens (tertiary/aromatic N) is 1. The van der Waals surface area contributed by atoms with E-state index in [0.29, 0.717) is 16.0 Å². The summed E-state index contributed by atoms with van der Waals surface area (Å²) in [6.45, 7) is 0. The highest BCUT2D eigenvalue weighted by atomic mass is 35.5. The molecule has 1 nitrogen and oxygen atoms in total. The molecule has 2 aromatic carbocycles. The van der Waals surface area contributed by atoms with Gasteiger partial charge in [-0.3, -0.25) is 0 Å². The van der Waals surface area contributed by atoms with E-state index in [-0.39, 0.29) is 0 Å². The molecule has 0 aliphatic heterocycles. The highest BCUT2D eigenvalue weighted by molar-refractivity contribution is 6.35. The number of benzene rings is 2. The lowest BCUT2D eigenvalue weighted by molar-refractivity contribution is 0.270. The van der Waals surface area contributed by atoms with Gasteiger partial charge in [-0.15, -0.1) is 0 Å². The van der Waals surface area contributed by atoms with Gasteiger partial charge in [-0.25, -0.2) is 0 Å². The molecule has 1 saturated carbocycles. The van der Waals surface area contributed by atoms with E-state index in [9.17, 15) is 5.26 Å². The van der Waals surface area contributed by atoms with Crippen molar-refractivity contribution in [3.05, 3.63) is 69.7 Å².